The van der Waals surface area contributed by atoms with E-state index < -0.39 is 17.8 Å². The van der Waals surface area contributed by atoms with Crippen LogP contribution in [0.25, 0.3) is 0 Å². The lowest BCUT2D eigenvalue weighted by Gasteiger charge is -2.24. The van der Waals surface area contributed by atoms with Crippen LogP contribution in [0.3, 0.4) is 0 Å². The first-order valence-corrected chi connectivity index (χ1v) is 7.18. The SMILES string of the molecule is O=C(O)C1C2C=CC(C2)C1C(=O)Nc1ccncc1Br. The predicted molar refractivity (Wildman–Crippen MR) is 75.9 cm³/mol. The number of hydrogen-bond acceptors (Lipinski definition) is 3. The van der Waals surface area contributed by atoms with Gasteiger partial charge in [0, 0.05) is 12.4 Å². The number of carbonyl (C=O) groups is 2. The number of aliphatic carboxylic acids is 1. The standard InChI is InChI=1S/C14H13BrN2O3/c15-9-6-16-4-3-10(9)17-13(18)11-7-1-2-8(5-7)12(11)14(19)20/h1-4,6-8,11-12H,5H2,(H,19,20)(H,16,17,18). The lowest BCUT2D eigenvalue weighted by atomic mass is 9.82. The molecule has 5 nitrogen and oxygen atoms in total. The number of nitrogens with one attached hydrogen (secondary N) is 1. The number of aromatic nitrogens is 1. The molecule has 3 rings (SSSR count). The molecule has 4 atom stereocenters. The summed E-state index contributed by atoms with van der Waals surface area (Å²) in [6.45, 7) is 0. The first kappa shape index (κ1) is 13.3. The van der Waals surface area contributed by atoms with Crippen LogP contribution in [0.1, 0.15) is 6.42 Å². The Kier molecular flexibility index (Phi) is 3.33. The van der Waals surface area contributed by atoms with E-state index in [1.165, 1.54) is 0 Å². The maximum atomic E-state index is 12.4. The molecule has 2 N–H and O–H groups in total. The second kappa shape index (κ2) is 5.01. The van der Waals surface area contributed by atoms with E-state index in [4.69, 9.17) is 0 Å². The molecule has 104 valence electrons. The molecule has 2 bridgehead atoms. The maximum Gasteiger partial charge on any atom is 0.307 e. The second-order valence-electron chi connectivity index (χ2n) is 5.18. The molecule has 2 aliphatic carbocycles. The van der Waals surface area contributed by atoms with Crippen LogP contribution in [0.4, 0.5) is 5.69 Å². The highest BCUT2D eigenvalue weighted by atomic mass is 79.9. The number of carboxylic acid groups (broad SMARTS) is 1. The van der Waals surface area contributed by atoms with Gasteiger partial charge in [0.1, 0.15) is 0 Å². The number of nitrogens with zero attached hydrogens (tertiary/aromatic N) is 1. The number of anilines is 1. The molecule has 2 aliphatic rings. The minimum Gasteiger partial charge on any atom is -0.481 e. The molecule has 1 aromatic rings. The van der Waals surface area contributed by atoms with Crippen molar-refractivity contribution in [2.45, 2.75) is 6.42 Å². The Hall–Kier alpha value is -1.69. The summed E-state index contributed by atoms with van der Waals surface area (Å²) in [5.74, 6) is -2.24. The third-order valence-corrected chi connectivity index (χ3v) is 4.71. The van der Waals surface area contributed by atoms with Crippen molar-refractivity contribution in [2.75, 3.05) is 5.32 Å². The fourth-order valence-electron chi connectivity index (χ4n) is 3.21. The first-order valence-electron chi connectivity index (χ1n) is 6.39. The number of allylic oxidation sites excluding steroid dienone is 2. The molecule has 1 aromatic heterocycles. The molecule has 0 saturated heterocycles. The zero-order valence-electron chi connectivity index (χ0n) is 10.5. The summed E-state index contributed by atoms with van der Waals surface area (Å²) >= 11 is 3.31. The number of fused-ring (bicyclic) bond motifs is 2. The fraction of sp³-hybridized carbons (Fsp3) is 0.357. The lowest BCUT2D eigenvalue weighted by molar-refractivity contribution is -0.146. The Labute approximate surface area is 124 Å². The third-order valence-electron chi connectivity index (χ3n) is 4.08. The van der Waals surface area contributed by atoms with Crippen molar-refractivity contribution < 1.29 is 14.7 Å². The normalized spacial score (nSPS) is 30.4. The summed E-state index contributed by atoms with van der Waals surface area (Å²) < 4.78 is 0.680. The molecule has 1 fully saturated rings. The Morgan fingerprint density at radius 1 is 1.30 bits per heavy atom. The highest BCUT2D eigenvalue weighted by Gasteiger charge is 2.51. The minimum atomic E-state index is -0.893. The first-order chi connectivity index (χ1) is 9.58. The molecular formula is C14H13BrN2O3. The minimum absolute atomic E-state index is 0.0193. The Morgan fingerprint density at radius 2 is 2.00 bits per heavy atom. The number of amides is 1. The van der Waals surface area contributed by atoms with Crippen molar-refractivity contribution in [1.82, 2.24) is 4.98 Å². The van der Waals surface area contributed by atoms with Gasteiger partial charge in [0.2, 0.25) is 5.91 Å². The van der Waals surface area contributed by atoms with Crippen LogP contribution in [-0.2, 0) is 9.59 Å². The summed E-state index contributed by atoms with van der Waals surface area (Å²) in [7, 11) is 0. The van der Waals surface area contributed by atoms with Gasteiger partial charge in [0.05, 0.1) is 22.0 Å². The van der Waals surface area contributed by atoms with Crippen molar-refractivity contribution >= 4 is 33.5 Å². The maximum absolute atomic E-state index is 12.4. The van der Waals surface area contributed by atoms with E-state index in [2.05, 4.69) is 26.2 Å². The molecule has 1 amide bonds. The molecule has 0 spiro atoms. The highest BCUT2D eigenvalue weighted by Crippen LogP contribution is 2.48. The van der Waals surface area contributed by atoms with E-state index in [0.29, 0.717) is 10.2 Å². The molecule has 1 saturated carbocycles. The second-order valence-corrected chi connectivity index (χ2v) is 6.04. The van der Waals surface area contributed by atoms with Gasteiger partial charge in [-0.2, -0.15) is 0 Å². The van der Waals surface area contributed by atoms with Gasteiger partial charge in [-0.3, -0.25) is 14.6 Å². The van der Waals surface area contributed by atoms with Crippen LogP contribution in [0, 0.1) is 23.7 Å². The van der Waals surface area contributed by atoms with Crippen LogP contribution >= 0.6 is 15.9 Å². The van der Waals surface area contributed by atoms with Gasteiger partial charge in [-0.25, -0.2) is 0 Å². The number of halogens is 1. The summed E-state index contributed by atoms with van der Waals surface area (Å²) in [6.07, 6.45) is 7.82. The summed E-state index contributed by atoms with van der Waals surface area (Å²) in [4.78, 5) is 27.7. The smallest absolute Gasteiger partial charge is 0.307 e. The zero-order chi connectivity index (χ0) is 14.3. The average Bonchev–Trinajstić information content (AvgIpc) is 3.01. The summed E-state index contributed by atoms with van der Waals surface area (Å²) in [6, 6.07) is 1.68. The van der Waals surface area contributed by atoms with Crippen molar-refractivity contribution in [1.29, 1.82) is 0 Å². The van der Waals surface area contributed by atoms with Gasteiger partial charge in [0.15, 0.2) is 0 Å². The zero-order valence-corrected chi connectivity index (χ0v) is 12.1. The molecule has 0 aliphatic heterocycles. The van der Waals surface area contributed by atoms with E-state index in [1.807, 2.05) is 12.2 Å². The number of pyridine rings is 1. The number of hydrogen-bond donors (Lipinski definition) is 2. The number of rotatable bonds is 3. The van der Waals surface area contributed by atoms with E-state index in [-0.39, 0.29) is 17.7 Å². The molecular weight excluding hydrogens is 324 g/mol. The topological polar surface area (TPSA) is 79.3 Å². The van der Waals surface area contributed by atoms with E-state index in [1.54, 1.807) is 18.5 Å². The van der Waals surface area contributed by atoms with Gasteiger partial charge >= 0.3 is 5.97 Å². The molecule has 4 unspecified atom stereocenters. The van der Waals surface area contributed by atoms with E-state index in [9.17, 15) is 14.7 Å². The monoisotopic (exact) mass is 336 g/mol. The molecule has 6 heteroatoms. The van der Waals surface area contributed by atoms with Crippen molar-refractivity contribution in [2.24, 2.45) is 23.7 Å². The van der Waals surface area contributed by atoms with Gasteiger partial charge in [0.25, 0.3) is 0 Å². The van der Waals surface area contributed by atoms with E-state index >= 15 is 0 Å². The average molecular weight is 337 g/mol. The van der Waals surface area contributed by atoms with Gasteiger partial charge in [-0.15, -0.1) is 0 Å². The van der Waals surface area contributed by atoms with E-state index in [0.717, 1.165) is 6.42 Å². The van der Waals surface area contributed by atoms with Crippen molar-refractivity contribution in [3.63, 3.8) is 0 Å². The third kappa shape index (κ3) is 2.14. The van der Waals surface area contributed by atoms with Gasteiger partial charge < -0.3 is 10.4 Å². The quantitative estimate of drug-likeness (QED) is 0.830. The summed E-state index contributed by atoms with van der Waals surface area (Å²) in [5.41, 5.74) is 0.612. The molecule has 20 heavy (non-hydrogen) atoms. The molecule has 0 radical (unpaired) electrons. The fourth-order valence-corrected chi connectivity index (χ4v) is 3.56. The number of carboxylic acids is 1. The van der Waals surface area contributed by atoms with Crippen LogP contribution in [0.2, 0.25) is 0 Å². The predicted octanol–water partition coefficient (Wildman–Crippen LogP) is 2.31. The lowest BCUT2D eigenvalue weighted by Crippen LogP contribution is -2.36. The van der Waals surface area contributed by atoms with Gasteiger partial charge in [-0.1, -0.05) is 12.2 Å². The van der Waals surface area contributed by atoms with Crippen LogP contribution < -0.4 is 5.32 Å². The van der Waals surface area contributed by atoms with Crippen molar-refractivity contribution in [3.05, 3.63) is 35.1 Å². The highest BCUT2D eigenvalue weighted by molar-refractivity contribution is 9.10. The van der Waals surface area contributed by atoms with Crippen LogP contribution in [0.5, 0.6) is 0 Å². The van der Waals surface area contributed by atoms with Gasteiger partial charge in [-0.05, 0) is 40.3 Å². The molecule has 0 aromatic carbocycles. The van der Waals surface area contributed by atoms with Crippen LogP contribution in [-0.4, -0.2) is 22.0 Å². The largest absolute Gasteiger partial charge is 0.481 e. The Bertz CT molecular complexity index is 602. The van der Waals surface area contributed by atoms with Crippen LogP contribution in [0.15, 0.2) is 35.1 Å². The summed E-state index contributed by atoms with van der Waals surface area (Å²) in [5, 5.41) is 12.1. The Morgan fingerprint density at radius 3 is 2.65 bits per heavy atom. The molecule has 1 heterocycles. The van der Waals surface area contributed by atoms with Crippen molar-refractivity contribution in [3.8, 4) is 0 Å². The Balaban J connectivity index is 1.82. The number of carbonyl (C=O) groups excluding carboxylic acids is 1.